The number of thiocarbonyl (C=S) groups is 1. The van der Waals surface area contributed by atoms with Gasteiger partial charge in [0.05, 0.1) is 20.2 Å². The van der Waals surface area contributed by atoms with E-state index >= 15 is 0 Å². The van der Waals surface area contributed by atoms with Crippen LogP contribution in [-0.2, 0) is 19.5 Å². The third kappa shape index (κ3) is 6.23. The maximum absolute atomic E-state index is 11.1. The third-order valence-electron chi connectivity index (χ3n) is 5.31. The first-order chi connectivity index (χ1) is 15.9. The first-order valence-electron chi connectivity index (χ1n) is 10.6. The summed E-state index contributed by atoms with van der Waals surface area (Å²) in [7, 11) is 3.20. The second-order valence-electron chi connectivity index (χ2n) is 7.47. The molecule has 0 atom stereocenters. The second kappa shape index (κ2) is 11.3. The zero-order chi connectivity index (χ0) is 23.8. The summed E-state index contributed by atoms with van der Waals surface area (Å²) < 4.78 is 10.8. The minimum Gasteiger partial charge on any atom is -0.545 e. The van der Waals surface area contributed by atoms with E-state index in [2.05, 4.69) is 18.3 Å². The number of hydrogen-bond donors (Lipinski definition) is 1. The number of nitrogens with one attached hydrogen (secondary N) is 1. The SMILES string of the molecule is CCc1ccccc1NC(=S)N(Cc1ccc(C(=O)[O-])cc1)Cc1ccc(OC)c(OC)c1. The molecule has 1 N–H and O–H groups in total. The lowest BCUT2D eigenvalue weighted by Crippen LogP contribution is -2.34. The quantitative estimate of drug-likeness (QED) is 0.480. The number of para-hydroxylation sites is 1. The summed E-state index contributed by atoms with van der Waals surface area (Å²) in [5.74, 6) is 0.101. The minimum absolute atomic E-state index is 0.141. The Kier molecular flexibility index (Phi) is 8.27. The predicted octanol–water partition coefficient (Wildman–Crippen LogP) is 4.03. The number of methoxy groups -OCH3 is 2. The van der Waals surface area contributed by atoms with E-state index in [1.165, 1.54) is 5.56 Å². The number of benzene rings is 3. The topological polar surface area (TPSA) is 73.9 Å². The fourth-order valence-electron chi connectivity index (χ4n) is 3.51. The average Bonchev–Trinajstić information content (AvgIpc) is 2.84. The average molecular weight is 464 g/mol. The van der Waals surface area contributed by atoms with E-state index in [9.17, 15) is 9.90 Å². The molecule has 0 fully saturated rings. The molecule has 0 radical (unpaired) electrons. The number of hydrogen-bond acceptors (Lipinski definition) is 5. The summed E-state index contributed by atoms with van der Waals surface area (Å²) in [6, 6.07) is 20.5. The number of anilines is 1. The van der Waals surface area contributed by atoms with Crippen molar-refractivity contribution >= 4 is 29.0 Å². The van der Waals surface area contributed by atoms with Crippen molar-refractivity contribution in [3.8, 4) is 11.5 Å². The number of carbonyl (C=O) groups excluding carboxylic acids is 1. The van der Waals surface area contributed by atoms with E-state index in [0.717, 1.165) is 23.2 Å². The lowest BCUT2D eigenvalue weighted by molar-refractivity contribution is -0.255. The number of carboxylic acids is 1. The lowest BCUT2D eigenvalue weighted by Gasteiger charge is -2.27. The predicted molar refractivity (Wildman–Crippen MR) is 132 cm³/mol. The maximum atomic E-state index is 11.1. The summed E-state index contributed by atoms with van der Waals surface area (Å²) in [4.78, 5) is 13.1. The highest BCUT2D eigenvalue weighted by molar-refractivity contribution is 7.80. The molecule has 0 saturated heterocycles. The van der Waals surface area contributed by atoms with Crippen molar-refractivity contribution in [2.75, 3.05) is 19.5 Å². The van der Waals surface area contributed by atoms with Crippen molar-refractivity contribution in [2.45, 2.75) is 26.4 Å². The first kappa shape index (κ1) is 24.1. The molecule has 6 nitrogen and oxygen atoms in total. The van der Waals surface area contributed by atoms with Crippen LogP contribution in [0, 0.1) is 0 Å². The molecular formula is C26H27N2O4S-. The first-order valence-corrected chi connectivity index (χ1v) is 11.0. The van der Waals surface area contributed by atoms with E-state index in [4.69, 9.17) is 21.7 Å². The summed E-state index contributed by atoms with van der Waals surface area (Å²) in [6.45, 7) is 3.11. The molecule has 3 aromatic rings. The molecule has 0 aliphatic carbocycles. The summed E-state index contributed by atoms with van der Waals surface area (Å²) >= 11 is 5.80. The number of aryl methyl sites for hydroxylation is 1. The van der Waals surface area contributed by atoms with E-state index in [0.29, 0.717) is 29.7 Å². The Hall–Kier alpha value is -3.58. The smallest absolute Gasteiger partial charge is 0.174 e. The van der Waals surface area contributed by atoms with Crippen molar-refractivity contribution in [1.82, 2.24) is 4.90 Å². The molecule has 7 heteroatoms. The normalized spacial score (nSPS) is 10.4. The molecule has 3 rings (SSSR count). The third-order valence-corrected chi connectivity index (χ3v) is 5.67. The maximum Gasteiger partial charge on any atom is 0.174 e. The molecule has 0 aromatic heterocycles. The minimum atomic E-state index is -1.20. The van der Waals surface area contributed by atoms with Crippen LogP contribution in [0.5, 0.6) is 11.5 Å². The lowest BCUT2D eigenvalue weighted by atomic mass is 10.1. The Labute approximate surface area is 199 Å². The molecule has 0 saturated carbocycles. The summed E-state index contributed by atoms with van der Waals surface area (Å²) in [6.07, 6.45) is 0.881. The van der Waals surface area contributed by atoms with Crippen molar-refractivity contribution < 1.29 is 19.4 Å². The standard InChI is InChI=1S/C26H28N2O4S/c1-4-20-7-5-6-8-22(20)27-26(33)28(16-18-9-12-21(13-10-18)25(29)30)17-19-11-14-23(31-2)24(15-19)32-3/h5-15H,4,16-17H2,1-3H3,(H,27,33)(H,29,30)/p-1. The highest BCUT2D eigenvalue weighted by Crippen LogP contribution is 2.28. The molecular weight excluding hydrogens is 436 g/mol. The van der Waals surface area contributed by atoms with Crippen molar-refractivity contribution in [3.63, 3.8) is 0 Å². The van der Waals surface area contributed by atoms with Crippen molar-refractivity contribution in [1.29, 1.82) is 0 Å². The van der Waals surface area contributed by atoms with Gasteiger partial charge in [-0.25, -0.2) is 0 Å². The zero-order valence-corrected chi connectivity index (χ0v) is 19.8. The van der Waals surface area contributed by atoms with Crippen LogP contribution in [0.15, 0.2) is 66.7 Å². The van der Waals surface area contributed by atoms with Gasteiger partial charge in [-0.1, -0.05) is 55.5 Å². The van der Waals surface area contributed by atoms with Crippen LogP contribution < -0.4 is 19.9 Å². The number of nitrogens with zero attached hydrogens (tertiary/aromatic N) is 1. The summed E-state index contributed by atoms with van der Waals surface area (Å²) in [5.41, 5.74) is 4.20. The van der Waals surface area contributed by atoms with E-state index in [1.54, 1.807) is 38.5 Å². The molecule has 0 aliphatic heterocycles. The largest absolute Gasteiger partial charge is 0.545 e. The van der Waals surface area contributed by atoms with Gasteiger partial charge in [-0.05, 0) is 59.1 Å². The van der Waals surface area contributed by atoms with Crippen LogP contribution in [0.3, 0.4) is 0 Å². The van der Waals surface area contributed by atoms with Crippen LogP contribution >= 0.6 is 12.2 Å². The molecule has 33 heavy (non-hydrogen) atoms. The molecule has 0 bridgehead atoms. The molecule has 0 amide bonds. The molecule has 3 aromatic carbocycles. The van der Waals surface area contributed by atoms with Gasteiger partial charge in [-0.2, -0.15) is 0 Å². The molecule has 0 heterocycles. The molecule has 0 aliphatic rings. The number of ether oxygens (including phenoxy) is 2. The van der Waals surface area contributed by atoms with Gasteiger partial charge >= 0.3 is 0 Å². The Balaban J connectivity index is 1.88. The Bertz CT molecular complexity index is 1120. The van der Waals surface area contributed by atoms with Gasteiger partial charge in [0, 0.05) is 18.8 Å². The van der Waals surface area contributed by atoms with Gasteiger partial charge in [-0.15, -0.1) is 0 Å². The molecule has 0 unspecified atom stereocenters. The van der Waals surface area contributed by atoms with Gasteiger partial charge < -0.3 is 29.6 Å². The molecule has 172 valence electrons. The van der Waals surface area contributed by atoms with Crippen molar-refractivity contribution in [3.05, 3.63) is 89.0 Å². The van der Waals surface area contributed by atoms with Crippen LogP contribution in [0.4, 0.5) is 5.69 Å². The van der Waals surface area contributed by atoms with Gasteiger partial charge in [0.15, 0.2) is 16.6 Å². The van der Waals surface area contributed by atoms with Gasteiger partial charge in [0.25, 0.3) is 0 Å². The Morgan fingerprint density at radius 2 is 1.58 bits per heavy atom. The Morgan fingerprint density at radius 1 is 0.939 bits per heavy atom. The number of rotatable bonds is 9. The zero-order valence-electron chi connectivity index (χ0n) is 19.0. The van der Waals surface area contributed by atoms with Crippen LogP contribution in [0.1, 0.15) is 34.0 Å². The van der Waals surface area contributed by atoms with Gasteiger partial charge in [0.1, 0.15) is 0 Å². The van der Waals surface area contributed by atoms with Crippen LogP contribution in [0.2, 0.25) is 0 Å². The van der Waals surface area contributed by atoms with Crippen molar-refractivity contribution in [2.24, 2.45) is 0 Å². The van der Waals surface area contributed by atoms with E-state index in [-0.39, 0.29) is 5.56 Å². The van der Waals surface area contributed by atoms with E-state index < -0.39 is 5.97 Å². The fraction of sp³-hybridized carbons (Fsp3) is 0.231. The fourth-order valence-corrected chi connectivity index (χ4v) is 3.75. The highest BCUT2D eigenvalue weighted by atomic mass is 32.1. The number of carbonyl (C=O) groups is 1. The highest BCUT2D eigenvalue weighted by Gasteiger charge is 2.15. The van der Waals surface area contributed by atoms with Crippen LogP contribution in [0.25, 0.3) is 0 Å². The second-order valence-corrected chi connectivity index (χ2v) is 7.86. The monoisotopic (exact) mass is 463 g/mol. The molecule has 0 spiro atoms. The number of aromatic carboxylic acids is 1. The number of carboxylic acid groups (broad SMARTS) is 1. The van der Waals surface area contributed by atoms with Crippen LogP contribution in [-0.4, -0.2) is 30.2 Å². The van der Waals surface area contributed by atoms with E-state index in [1.807, 2.05) is 41.3 Å². The Morgan fingerprint density at radius 3 is 2.21 bits per heavy atom. The summed E-state index contributed by atoms with van der Waals surface area (Å²) in [5, 5.41) is 15.0. The van der Waals surface area contributed by atoms with Gasteiger partial charge in [0.2, 0.25) is 0 Å². The van der Waals surface area contributed by atoms with Gasteiger partial charge in [-0.3, -0.25) is 0 Å².